The molecule has 0 aromatic carbocycles. The van der Waals surface area contributed by atoms with E-state index < -0.39 is 7.12 Å². The minimum absolute atomic E-state index is 0.731. The smallest absolute Gasteiger partial charge is 0.423 e. The van der Waals surface area contributed by atoms with Gasteiger partial charge < -0.3 is 9.68 Å². The molecule has 0 spiro atoms. The summed E-state index contributed by atoms with van der Waals surface area (Å²) in [5.41, 5.74) is 0. The van der Waals surface area contributed by atoms with E-state index in [4.69, 9.17) is 5.02 Å². The van der Waals surface area contributed by atoms with Crippen LogP contribution in [0.25, 0.3) is 0 Å². The van der Waals surface area contributed by atoms with Crippen LogP contribution in [0, 0.1) is 0 Å². The molecule has 0 bridgehead atoms. The Labute approximate surface area is 43.9 Å². The van der Waals surface area contributed by atoms with Gasteiger partial charge in [0, 0.05) is 7.11 Å². The van der Waals surface area contributed by atoms with E-state index in [1.807, 2.05) is 6.92 Å². The van der Waals surface area contributed by atoms with Crippen LogP contribution in [0.1, 0.15) is 6.92 Å². The van der Waals surface area contributed by atoms with E-state index in [2.05, 4.69) is 4.65 Å². The molecule has 0 saturated heterocycles. The number of hydrogen-bond donors (Lipinski definition) is 1. The molecule has 0 amide bonds. The molecule has 40 valence electrons. The number of allylic oxidation sites excluding steroid dienone is 1. The molecule has 0 aromatic heterocycles. The zero-order valence-electron chi connectivity index (χ0n) is 4.59. The molecule has 7 heavy (non-hydrogen) atoms. The van der Waals surface area contributed by atoms with Crippen molar-refractivity contribution in [1.82, 2.24) is 0 Å². The number of hydrogen-bond acceptors (Lipinski definition) is 2. The van der Waals surface area contributed by atoms with Gasteiger partial charge in [-0.25, -0.2) is 0 Å². The summed E-state index contributed by atoms with van der Waals surface area (Å²) >= 11 is 0. The Morgan fingerprint density at radius 3 is 2.43 bits per heavy atom. The molecule has 0 atom stereocenters. The van der Waals surface area contributed by atoms with Crippen LogP contribution in [0.15, 0.2) is 12.1 Å². The zero-order valence-corrected chi connectivity index (χ0v) is 4.59. The Bertz CT molecular complexity index is 62.7. The van der Waals surface area contributed by atoms with Crippen molar-refractivity contribution < 1.29 is 9.68 Å². The molecule has 2 nitrogen and oxygen atoms in total. The Morgan fingerprint density at radius 1 is 1.71 bits per heavy atom. The first kappa shape index (κ1) is 6.72. The van der Waals surface area contributed by atoms with Crippen LogP contribution in [0.5, 0.6) is 0 Å². The molecule has 0 fully saturated rings. The standard InChI is InChI=1S/C4H9BO2/c1-3-4-5(6)7-2/h3-4,6H,1-2H3. The largest absolute Gasteiger partial charge is 0.482 e. The average Bonchev–Trinajstić information content (AvgIpc) is 1.68. The van der Waals surface area contributed by atoms with Gasteiger partial charge in [-0.15, -0.1) is 0 Å². The highest BCUT2D eigenvalue weighted by molar-refractivity contribution is 6.48. The van der Waals surface area contributed by atoms with Crippen molar-refractivity contribution in [3.05, 3.63) is 12.1 Å². The van der Waals surface area contributed by atoms with Gasteiger partial charge >= 0.3 is 7.12 Å². The lowest BCUT2D eigenvalue weighted by Crippen LogP contribution is -2.10. The molecule has 3 heteroatoms. The highest BCUT2D eigenvalue weighted by atomic mass is 16.5. The molecule has 0 heterocycles. The maximum Gasteiger partial charge on any atom is 0.482 e. The summed E-state index contributed by atoms with van der Waals surface area (Å²) in [6.45, 7) is 1.82. The predicted molar refractivity (Wildman–Crippen MR) is 29.8 cm³/mol. The summed E-state index contributed by atoms with van der Waals surface area (Å²) < 4.78 is 4.46. The van der Waals surface area contributed by atoms with E-state index in [-0.39, 0.29) is 0 Å². The molecular formula is C4H9BO2. The zero-order chi connectivity index (χ0) is 5.70. The van der Waals surface area contributed by atoms with Gasteiger partial charge in [0.25, 0.3) is 0 Å². The first-order chi connectivity index (χ1) is 3.31. The lowest BCUT2D eigenvalue weighted by molar-refractivity contribution is 0.340. The third-order valence-corrected chi connectivity index (χ3v) is 0.599. The predicted octanol–water partition coefficient (Wildman–Crippen LogP) is 0.229. The molecule has 0 saturated carbocycles. The first-order valence-corrected chi connectivity index (χ1v) is 2.15. The summed E-state index contributed by atoms with van der Waals surface area (Å²) in [4.78, 5) is 0. The van der Waals surface area contributed by atoms with Crippen molar-refractivity contribution in [3.8, 4) is 0 Å². The van der Waals surface area contributed by atoms with E-state index in [0.29, 0.717) is 0 Å². The van der Waals surface area contributed by atoms with Gasteiger partial charge in [0.1, 0.15) is 0 Å². The summed E-state index contributed by atoms with van der Waals surface area (Å²) in [6.07, 6.45) is 1.73. The van der Waals surface area contributed by atoms with Crippen molar-refractivity contribution in [2.45, 2.75) is 6.92 Å². The third kappa shape index (κ3) is 3.56. The molecule has 0 aliphatic heterocycles. The van der Waals surface area contributed by atoms with Gasteiger partial charge in [0.15, 0.2) is 0 Å². The average molecular weight is 99.9 g/mol. The summed E-state index contributed by atoms with van der Waals surface area (Å²) in [6, 6.07) is 0. The van der Waals surface area contributed by atoms with Crippen LogP contribution >= 0.6 is 0 Å². The van der Waals surface area contributed by atoms with Gasteiger partial charge in [-0.1, -0.05) is 12.1 Å². The monoisotopic (exact) mass is 100 g/mol. The fourth-order valence-electron chi connectivity index (χ4n) is 0.243. The SMILES string of the molecule is CC=CB(O)OC. The van der Waals surface area contributed by atoms with Crippen molar-refractivity contribution in [2.75, 3.05) is 7.11 Å². The lowest BCUT2D eigenvalue weighted by Gasteiger charge is -1.90. The van der Waals surface area contributed by atoms with Crippen molar-refractivity contribution in [3.63, 3.8) is 0 Å². The molecule has 0 aliphatic carbocycles. The normalized spacial score (nSPS) is 10.1. The van der Waals surface area contributed by atoms with Crippen LogP contribution in [0.4, 0.5) is 0 Å². The van der Waals surface area contributed by atoms with Crippen molar-refractivity contribution in [1.29, 1.82) is 0 Å². The number of rotatable bonds is 2. The van der Waals surface area contributed by atoms with Crippen LogP contribution in [-0.4, -0.2) is 19.3 Å². The Kier molecular flexibility index (Phi) is 3.75. The Morgan fingerprint density at radius 2 is 2.29 bits per heavy atom. The molecule has 0 aliphatic rings. The Balaban J connectivity index is 3.16. The third-order valence-electron chi connectivity index (χ3n) is 0.599. The lowest BCUT2D eigenvalue weighted by atomic mass is 9.91. The second-order valence-electron chi connectivity index (χ2n) is 1.15. The van der Waals surface area contributed by atoms with Crippen molar-refractivity contribution in [2.24, 2.45) is 0 Å². The molecular weight excluding hydrogens is 90.9 g/mol. The van der Waals surface area contributed by atoms with Crippen LogP contribution in [0.2, 0.25) is 0 Å². The van der Waals surface area contributed by atoms with Gasteiger partial charge in [0.05, 0.1) is 0 Å². The minimum atomic E-state index is -0.731. The van der Waals surface area contributed by atoms with E-state index in [1.54, 1.807) is 12.1 Å². The van der Waals surface area contributed by atoms with Gasteiger partial charge in [-0.05, 0) is 6.92 Å². The van der Waals surface area contributed by atoms with Gasteiger partial charge in [-0.3, -0.25) is 0 Å². The van der Waals surface area contributed by atoms with E-state index in [1.165, 1.54) is 7.11 Å². The maximum absolute atomic E-state index is 8.55. The molecule has 0 unspecified atom stereocenters. The second kappa shape index (κ2) is 3.90. The van der Waals surface area contributed by atoms with E-state index >= 15 is 0 Å². The van der Waals surface area contributed by atoms with Crippen LogP contribution in [-0.2, 0) is 4.65 Å². The van der Waals surface area contributed by atoms with Crippen LogP contribution < -0.4 is 0 Å². The van der Waals surface area contributed by atoms with Gasteiger partial charge in [-0.2, -0.15) is 0 Å². The topological polar surface area (TPSA) is 29.5 Å². The summed E-state index contributed by atoms with van der Waals surface area (Å²) in [7, 11) is 0.718. The summed E-state index contributed by atoms with van der Waals surface area (Å²) in [5.74, 6) is 1.56. The second-order valence-corrected chi connectivity index (χ2v) is 1.15. The minimum Gasteiger partial charge on any atom is -0.423 e. The summed E-state index contributed by atoms with van der Waals surface area (Å²) in [5, 5.41) is 8.55. The molecule has 0 radical (unpaired) electrons. The molecule has 0 aromatic rings. The van der Waals surface area contributed by atoms with E-state index in [0.717, 1.165) is 0 Å². The highest BCUT2D eigenvalue weighted by Gasteiger charge is 2.00. The molecule has 1 N–H and O–H groups in total. The highest BCUT2D eigenvalue weighted by Crippen LogP contribution is 1.77. The molecule has 0 rings (SSSR count). The maximum atomic E-state index is 8.55. The van der Waals surface area contributed by atoms with Crippen molar-refractivity contribution >= 4 is 7.12 Å². The fraction of sp³-hybridized carbons (Fsp3) is 0.500. The quantitative estimate of drug-likeness (QED) is 0.503. The Hall–Kier alpha value is -0.275. The van der Waals surface area contributed by atoms with E-state index in [9.17, 15) is 0 Å². The fourth-order valence-corrected chi connectivity index (χ4v) is 0.243. The first-order valence-electron chi connectivity index (χ1n) is 2.15. The van der Waals surface area contributed by atoms with Gasteiger partial charge in [0.2, 0.25) is 0 Å². The van der Waals surface area contributed by atoms with Crippen LogP contribution in [0.3, 0.4) is 0 Å².